The summed E-state index contributed by atoms with van der Waals surface area (Å²) in [5, 5.41) is 8.23. The second-order valence-corrected chi connectivity index (χ2v) is 8.61. The second-order valence-electron chi connectivity index (χ2n) is 8.17. The summed E-state index contributed by atoms with van der Waals surface area (Å²) in [5.41, 5.74) is -0.655. The van der Waals surface area contributed by atoms with Crippen LogP contribution in [0.5, 0.6) is 0 Å². The highest BCUT2D eigenvalue weighted by Gasteiger charge is 2.26. The Bertz CT molecular complexity index is 764. The van der Waals surface area contributed by atoms with Gasteiger partial charge in [0.15, 0.2) is 0 Å². The Labute approximate surface area is 188 Å². The maximum absolute atomic E-state index is 12.5. The molecule has 0 saturated carbocycles. The first-order chi connectivity index (χ1) is 14.4. The van der Waals surface area contributed by atoms with Crippen LogP contribution in [0.25, 0.3) is 0 Å². The summed E-state index contributed by atoms with van der Waals surface area (Å²) in [4.78, 5) is 42.8. The molecule has 0 unspecified atom stereocenters. The molecule has 0 fully saturated rings. The minimum atomic E-state index is -0.872. The van der Waals surface area contributed by atoms with Crippen molar-refractivity contribution in [3.05, 3.63) is 36.0 Å². The summed E-state index contributed by atoms with van der Waals surface area (Å²) in [6.07, 6.45) is 3.01. The average molecular weight is 454 g/mol. The van der Waals surface area contributed by atoms with Crippen molar-refractivity contribution in [1.82, 2.24) is 20.5 Å². The van der Waals surface area contributed by atoms with Gasteiger partial charge in [0.1, 0.15) is 11.4 Å². The third kappa shape index (κ3) is 10.8. The van der Waals surface area contributed by atoms with E-state index in [9.17, 15) is 14.4 Å². The molecule has 3 amide bonds. The minimum Gasteiger partial charge on any atom is -0.444 e. The van der Waals surface area contributed by atoms with Crippen LogP contribution < -0.4 is 16.0 Å². The van der Waals surface area contributed by atoms with Gasteiger partial charge in [-0.3, -0.25) is 9.59 Å². The molecule has 172 valence electrons. The lowest BCUT2D eigenvalue weighted by Gasteiger charge is -2.28. The van der Waals surface area contributed by atoms with Crippen molar-refractivity contribution < 1.29 is 19.1 Å². The molecule has 0 aliphatic carbocycles. The fourth-order valence-corrected chi connectivity index (χ4v) is 2.68. The number of ether oxygens (including phenoxy) is 1. The molecule has 0 spiro atoms. The number of nitrogens with one attached hydrogen (secondary N) is 3. The SMILES string of the molecule is C=CCN(C)CC[C@H](NC(=O)C(=O)Nc1ccc(Cl)cn1)[C@@H](C)NC(=O)OC(C)(C)C. The van der Waals surface area contributed by atoms with Gasteiger partial charge in [-0.1, -0.05) is 17.7 Å². The number of aromatic nitrogens is 1. The monoisotopic (exact) mass is 453 g/mol. The van der Waals surface area contributed by atoms with Crippen LogP contribution in [0.1, 0.15) is 34.1 Å². The predicted octanol–water partition coefficient (Wildman–Crippen LogP) is 2.58. The number of rotatable bonds is 9. The van der Waals surface area contributed by atoms with Crippen LogP contribution in [0.15, 0.2) is 31.0 Å². The first-order valence-electron chi connectivity index (χ1n) is 9.93. The van der Waals surface area contributed by atoms with Crippen LogP contribution in [-0.4, -0.2) is 65.6 Å². The van der Waals surface area contributed by atoms with E-state index in [4.69, 9.17) is 16.3 Å². The third-order valence-corrected chi connectivity index (χ3v) is 4.33. The fourth-order valence-electron chi connectivity index (χ4n) is 2.57. The molecule has 0 aliphatic heterocycles. The molecule has 0 bridgehead atoms. The lowest BCUT2D eigenvalue weighted by molar-refractivity contribution is -0.136. The van der Waals surface area contributed by atoms with Crippen molar-refractivity contribution >= 4 is 35.3 Å². The summed E-state index contributed by atoms with van der Waals surface area (Å²) in [7, 11) is 1.91. The lowest BCUT2D eigenvalue weighted by Crippen LogP contribution is -2.54. The molecule has 0 aromatic carbocycles. The minimum absolute atomic E-state index is 0.201. The topological polar surface area (TPSA) is 113 Å². The summed E-state index contributed by atoms with van der Waals surface area (Å²) in [6, 6.07) is 2.03. The van der Waals surface area contributed by atoms with Crippen molar-refractivity contribution in [2.45, 2.75) is 51.8 Å². The number of hydrogen-bond acceptors (Lipinski definition) is 6. The van der Waals surface area contributed by atoms with Gasteiger partial charge in [0.05, 0.1) is 11.1 Å². The zero-order valence-corrected chi connectivity index (χ0v) is 19.5. The quantitative estimate of drug-likeness (QED) is 0.391. The Kier molecular flexibility index (Phi) is 10.4. The standard InChI is InChI=1S/C21H32ClN5O4/c1-7-11-27(6)12-10-16(14(2)24-20(30)31-21(3,4)5)25-18(28)19(29)26-17-9-8-15(22)13-23-17/h7-9,13-14,16H,1,10-12H2,2-6H3,(H,24,30)(H,25,28)(H,23,26,29)/t14-,16+/m1/s1. The summed E-state index contributed by atoms with van der Waals surface area (Å²) in [5.74, 6) is -1.51. The number of pyridine rings is 1. The van der Waals surface area contributed by atoms with Crippen molar-refractivity contribution in [2.24, 2.45) is 0 Å². The van der Waals surface area contributed by atoms with Crippen LogP contribution in [0.2, 0.25) is 5.02 Å². The maximum atomic E-state index is 12.5. The van der Waals surface area contributed by atoms with E-state index in [0.717, 1.165) is 0 Å². The Hall–Kier alpha value is -2.65. The molecule has 1 aromatic heterocycles. The predicted molar refractivity (Wildman–Crippen MR) is 121 cm³/mol. The van der Waals surface area contributed by atoms with Crippen LogP contribution >= 0.6 is 11.6 Å². The zero-order valence-electron chi connectivity index (χ0n) is 18.7. The van der Waals surface area contributed by atoms with Crippen LogP contribution in [0, 0.1) is 0 Å². The van der Waals surface area contributed by atoms with Crippen LogP contribution in [0.3, 0.4) is 0 Å². The van der Waals surface area contributed by atoms with E-state index in [-0.39, 0.29) is 5.82 Å². The number of carbonyl (C=O) groups excluding carboxylic acids is 3. The first kappa shape index (κ1) is 26.4. The van der Waals surface area contributed by atoms with Gasteiger partial charge in [-0.05, 0) is 53.3 Å². The number of carbonyl (C=O) groups is 3. The van der Waals surface area contributed by atoms with E-state index in [0.29, 0.717) is 24.5 Å². The molecule has 0 saturated heterocycles. The number of likely N-dealkylation sites (N-methyl/N-ethyl adjacent to an activating group) is 1. The molecular formula is C21H32ClN5O4. The van der Waals surface area contributed by atoms with E-state index in [1.165, 1.54) is 12.3 Å². The van der Waals surface area contributed by atoms with Gasteiger partial charge < -0.3 is 25.6 Å². The van der Waals surface area contributed by atoms with Crippen molar-refractivity contribution in [3.8, 4) is 0 Å². The Morgan fingerprint density at radius 2 is 1.94 bits per heavy atom. The van der Waals surface area contributed by atoms with E-state index < -0.39 is 35.6 Å². The van der Waals surface area contributed by atoms with E-state index in [1.54, 1.807) is 39.8 Å². The molecule has 1 rings (SSSR count). The first-order valence-corrected chi connectivity index (χ1v) is 10.3. The molecular weight excluding hydrogens is 422 g/mol. The highest BCUT2D eigenvalue weighted by molar-refractivity contribution is 6.39. The molecule has 9 nitrogen and oxygen atoms in total. The summed E-state index contributed by atoms with van der Waals surface area (Å²) >= 11 is 5.77. The second kappa shape index (κ2) is 12.3. The number of halogens is 1. The Balaban J connectivity index is 2.79. The molecule has 10 heteroatoms. The lowest BCUT2D eigenvalue weighted by atomic mass is 10.1. The molecule has 31 heavy (non-hydrogen) atoms. The van der Waals surface area contributed by atoms with Crippen molar-refractivity contribution in [3.63, 3.8) is 0 Å². The van der Waals surface area contributed by atoms with Gasteiger partial charge in [0.25, 0.3) is 0 Å². The molecule has 0 radical (unpaired) electrons. The van der Waals surface area contributed by atoms with E-state index in [1.807, 2.05) is 11.9 Å². The maximum Gasteiger partial charge on any atom is 0.407 e. The van der Waals surface area contributed by atoms with Crippen molar-refractivity contribution in [2.75, 3.05) is 25.5 Å². The molecule has 3 N–H and O–H groups in total. The number of anilines is 1. The molecule has 1 aromatic rings. The van der Waals surface area contributed by atoms with Gasteiger partial charge in [0.2, 0.25) is 0 Å². The molecule has 0 aliphatic rings. The van der Waals surface area contributed by atoms with Crippen molar-refractivity contribution in [1.29, 1.82) is 0 Å². The zero-order chi connectivity index (χ0) is 23.6. The van der Waals surface area contributed by atoms with Gasteiger partial charge in [0, 0.05) is 25.3 Å². The number of nitrogens with zero attached hydrogens (tertiary/aromatic N) is 2. The third-order valence-electron chi connectivity index (χ3n) is 4.10. The smallest absolute Gasteiger partial charge is 0.407 e. The van der Waals surface area contributed by atoms with Gasteiger partial charge >= 0.3 is 17.9 Å². The van der Waals surface area contributed by atoms with Gasteiger partial charge in [-0.25, -0.2) is 9.78 Å². The highest BCUT2D eigenvalue weighted by atomic mass is 35.5. The fraction of sp³-hybridized carbons (Fsp3) is 0.524. The summed E-state index contributed by atoms with van der Waals surface area (Å²) < 4.78 is 5.28. The van der Waals surface area contributed by atoms with Gasteiger partial charge in [-0.2, -0.15) is 0 Å². The van der Waals surface area contributed by atoms with Gasteiger partial charge in [-0.15, -0.1) is 6.58 Å². The van der Waals surface area contributed by atoms with Crippen LogP contribution in [0.4, 0.5) is 10.6 Å². The normalized spacial score (nSPS) is 13.1. The molecule has 2 atom stereocenters. The number of alkyl carbamates (subject to hydrolysis) is 1. The largest absolute Gasteiger partial charge is 0.444 e. The molecule has 1 heterocycles. The summed E-state index contributed by atoms with van der Waals surface area (Å²) in [6.45, 7) is 12.0. The number of amides is 3. The average Bonchev–Trinajstić information content (AvgIpc) is 2.65. The van der Waals surface area contributed by atoms with E-state index >= 15 is 0 Å². The van der Waals surface area contributed by atoms with E-state index in [2.05, 4.69) is 27.5 Å². The highest BCUT2D eigenvalue weighted by Crippen LogP contribution is 2.10. The Morgan fingerprint density at radius 3 is 2.48 bits per heavy atom. The number of hydrogen-bond donors (Lipinski definition) is 3. The Morgan fingerprint density at radius 1 is 1.26 bits per heavy atom. The van der Waals surface area contributed by atoms with Crippen LogP contribution in [-0.2, 0) is 14.3 Å².